The van der Waals surface area contributed by atoms with Crippen molar-refractivity contribution in [3.8, 4) is 0 Å². The number of carbonyl (C=O) groups excluding carboxylic acids is 1. The molecule has 1 amide bonds. The SMILES string of the molecule is Cc1ccc(S(=O)(=O)N2CCC(NC(=O)c3cc(N4CCCC4)ccn3)CC2)cc1. The summed E-state index contributed by atoms with van der Waals surface area (Å²) in [6.07, 6.45) is 5.20. The second-order valence-electron chi connectivity index (χ2n) is 8.06. The maximum Gasteiger partial charge on any atom is 0.270 e. The topological polar surface area (TPSA) is 82.6 Å². The Morgan fingerprint density at radius 1 is 1.03 bits per heavy atom. The van der Waals surface area contributed by atoms with Crippen molar-refractivity contribution in [1.29, 1.82) is 0 Å². The minimum Gasteiger partial charge on any atom is -0.371 e. The lowest BCUT2D eigenvalue weighted by Gasteiger charge is -2.31. The highest BCUT2D eigenvalue weighted by Crippen LogP contribution is 2.22. The van der Waals surface area contributed by atoms with Crippen molar-refractivity contribution in [3.05, 3.63) is 53.9 Å². The van der Waals surface area contributed by atoms with Crippen molar-refractivity contribution in [1.82, 2.24) is 14.6 Å². The lowest BCUT2D eigenvalue weighted by molar-refractivity contribution is 0.0919. The molecule has 0 unspecified atom stereocenters. The second-order valence-corrected chi connectivity index (χ2v) is 10.00. The van der Waals surface area contributed by atoms with E-state index in [2.05, 4.69) is 15.2 Å². The second kappa shape index (κ2) is 8.73. The van der Waals surface area contributed by atoms with Gasteiger partial charge >= 0.3 is 0 Å². The average Bonchev–Trinajstić information content (AvgIpc) is 3.30. The molecule has 0 bridgehead atoms. The molecule has 2 fully saturated rings. The molecule has 0 spiro atoms. The van der Waals surface area contributed by atoms with E-state index >= 15 is 0 Å². The number of hydrogen-bond donors (Lipinski definition) is 1. The highest BCUT2D eigenvalue weighted by atomic mass is 32.2. The van der Waals surface area contributed by atoms with Crippen LogP contribution in [0.4, 0.5) is 5.69 Å². The normalized spacial score (nSPS) is 18.5. The molecule has 0 radical (unpaired) electrons. The average molecular weight is 429 g/mol. The first kappa shape index (κ1) is 20.8. The van der Waals surface area contributed by atoms with E-state index < -0.39 is 10.0 Å². The van der Waals surface area contributed by atoms with Crippen LogP contribution >= 0.6 is 0 Å². The highest BCUT2D eigenvalue weighted by Gasteiger charge is 2.30. The molecular weight excluding hydrogens is 400 g/mol. The van der Waals surface area contributed by atoms with Crippen LogP contribution in [0.3, 0.4) is 0 Å². The monoisotopic (exact) mass is 428 g/mol. The van der Waals surface area contributed by atoms with Crippen LogP contribution in [0, 0.1) is 6.92 Å². The number of anilines is 1. The van der Waals surface area contributed by atoms with Crippen LogP contribution in [0.15, 0.2) is 47.5 Å². The number of rotatable bonds is 5. The molecule has 1 aromatic carbocycles. The molecule has 0 aliphatic carbocycles. The van der Waals surface area contributed by atoms with Gasteiger partial charge in [-0.05, 0) is 56.9 Å². The van der Waals surface area contributed by atoms with Crippen LogP contribution < -0.4 is 10.2 Å². The molecule has 0 atom stereocenters. The summed E-state index contributed by atoms with van der Waals surface area (Å²) in [5.41, 5.74) is 2.47. The number of nitrogens with zero attached hydrogens (tertiary/aromatic N) is 3. The van der Waals surface area contributed by atoms with Crippen molar-refractivity contribution in [3.63, 3.8) is 0 Å². The Morgan fingerprint density at radius 3 is 2.37 bits per heavy atom. The first-order valence-corrected chi connectivity index (χ1v) is 12.0. The van der Waals surface area contributed by atoms with Gasteiger partial charge < -0.3 is 10.2 Å². The molecule has 0 saturated carbocycles. The Balaban J connectivity index is 1.35. The number of nitrogens with one attached hydrogen (secondary N) is 1. The molecule has 3 heterocycles. The zero-order valence-corrected chi connectivity index (χ0v) is 18.1. The van der Waals surface area contributed by atoms with Crippen LogP contribution in [0.2, 0.25) is 0 Å². The smallest absolute Gasteiger partial charge is 0.270 e. The fraction of sp³-hybridized carbons (Fsp3) is 0.455. The van der Waals surface area contributed by atoms with Gasteiger partial charge in [-0.2, -0.15) is 4.31 Å². The van der Waals surface area contributed by atoms with E-state index in [0.717, 1.165) is 24.3 Å². The van der Waals surface area contributed by atoms with Gasteiger partial charge in [0.15, 0.2) is 0 Å². The minimum atomic E-state index is -3.50. The zero-order chi connectivity index (χ0) is 21.1. The van der Waals surface area contributed by atoms with Crippen molar-refractivity contribution in [2.24, 2.45) is 0 Å². The van der Waals surface area contributed by atoms with Crippen LogP contribution in [-0.4, -0.2) is 55.8 Å². The van der Waals surface area contributed by atoms with Gasteiger partial charge in [-0.1, -0.05) is 17.7 Å². The Hall–Kier alpha value is -2.45. The summed E-state index contributed by atoms with van der Waals surface area (Å²) in [6, 6.07) is 10.6. The Bertz CT molecular complexity index is 993. The third-order valence-corrected chi connectivity index (χ3v) is 7.81. The van der Waals surface area contributed by atoms with Gasteiger partial charge in [0.1, 0.15) is 5.69 Å². The molecule has 2 aliphatic rings. The summed E-state index contributed by atoms with van der Waals surface area (Å²) in [6.45, 7) is 4.74. The van der Waals surface area contributed by atoms with E-state index in [0.29, 0.717) is 36.5 Å². The molecule has 30 heavy (non-hydrogen) atoms. The van der Waals surface area contributed by atoms with E-state index in [-0.39, 0.29) is 11.9 Å². The summed E-state index contributed by atoms with van der Waals surface area (Å²) in [4.78, 5) is 19.5. The maximum atomic E-state index is 12.8. The minimum absolute atomic E-state index is 0.0563. The fourth-order valence-electron chi connectivity index (χ4n) is 4.07. The van der Waals surface area contributed by atoms with Crippen LogP contribution in [-0.2, 0) is 10.0 Å². The first-order valence-electron chi connectivity index (χ1n) is 10.5. The van der Waals surface area contributed by atoms with Gasteiger partial charge in [-0.25, -0.2) is 8.42 Å². The number of amides is 1. The van der Waals surface area contributed by atoms with Gasteiger partial charge in [-0.15, -0.1) is 0 Å². The van der Waals surface area contributed by atoms with Gasteiger partial charge in [0.05, 0.1) is 4.90 Å². The summed E-state index contributed by atoms with van der Waals surface area (Å²) in [5, 5.41) is 3.03. The molecule has 1 aromatic heterocycles. The van der Waals surface area contributed by atoms with E-state index in [1.807, 2.05) is 31.2 Å². The van der Waals surface area contributed by atoms with Gasteiger partial charge in [-0.3, -0.25) is 9.78 Å². The number of aromatic nitrogens is 1. The molecule has 8 heteroatoms. The van der Waals surface area contributed by atoms with E-state index in [4.69, 9.17) is 0 Å². The van der Waals surface area contributed by atoms with Gasteiger partial charge in [0.2, 0.25) is 10.0 Å². The van der Waals surface area contributed by atoms with E-state index in [9.17, 15) is 13.2 Å². The van der Waals surface area contributed by atoms with Gasteiger partial charge in [0.25, 0.3) is 5.91 Å². The molecule has 160 valence electrons. The molecular formula is C22H28N4O3S. The van der Waals surface area contributed by atoms with Crippen molar-refractivity contribution in [2.45, 2.75) is 43.5 Å². The van der Waals surface area contributed by atoms with Crippen LogP contribution in [0.25, 0.3) is 0 Å². The molecule has 7 nitrogen and oxygen atoms in total. The first-order chi connectivity index (χ1) is 14.4. The quantitative estimate of drug-likeness (QED) is 0.792. The van der Waals surface area contributed by atoms with Crippen LogP contribution in [0.5, 0.6) is 0 Å². The highest BCUT2D eigenvalue weighted by molar-refractivity contribution is 7.89. The van der Waals surface area contributed by atoms with Crippen molar-refractivity contribution >= 4 is 21.6 Å². The molecule has 4 rings (SSSR count). The summed E-state index contributed by atoms with van der Waals surface area (Å²) in [7, 11) is -3.50. The Kier molecular flexibility index (Phi) is 6.06. The summed E-state index contributed by atoms with van der Waals surface area (Å²) in [5.74, 6) is -0.198. The largest absolute Gasteiger partial charge is 0.371 e. The number of hydrogen-bond acceptors (Lipinski definition) is 5. The standard InChI is InChI=1S/C22H28N4O3S/c1-17-4-6-20(7-5-17)30(28,29)26-14-9-18(10-15-26)24-22(27)21-16-19(8-11-23-21)25-12-2-3-13-25/h4-8,11,16,18H,2-3,9-10,12-15H2,1H3,(H,24,27). The van der Waals surface area contributed by atoms with Crippen molar-refractivity contribution < 1.29 is 13.2 Å². The maximum absolute atomic E-state index is 12.8. The predicted molar refractivity (Wildman–Crippen MR) is 116 cm³/mol. The van der Waals surface area contributed by atoms with Crippen molar-refractivity contribution in [2.75, 3.05) is 31.1 Å². The summed E-state index contributed by atoms with van der Waals surface area (Å²) < 4.78 is 27.2. The number of carbonyl (C=O) groups is 1. The number of piperidine rings is 1. The number of sulfonamides is 1. The summed E-state index contributed by atoms with van der Waals surface area (Å²) >= 11 is 0. The number of pyridine rings is 1. The molecule has 2 aliphatic heterocycles. The lowest BCUT2D eigenvalue weighted by atomic mass is 10.1. The van der Waals surface area contributed by atoms with Crippen LogP contribution in [0.1, 0.15) is 41.7 Å². The van der Waals surface area contributed by atoms with Gasteiger partial charge in [0, 0.05) is 44.1 Å². The Morgan fingerprint density at radius 2 is 1.70 bits per heavy atom. The molecule has 2 saturated heterocycles. The third kappa shape index (κ3) is 4.49. The number of aryl methyl sites for hydroxylation is 1. The number of benzene rings is 1. The zero-order valence-electron chi connectivity index (χ0n) is 17.3. The van der Waals surface area contributed by atoms with E-state index in [1.165, 1.54) is 17.1 Å². The molecule has 1 N–H and O–H groups in total. The third-order valence-electron chi connectivity index (χ3n) is 5.90. The fourth-order valence-corrected chi connectivity index (χ4v) is 5.54. The van der Waals surface area contributed by atoms with E-state index in [1.54, 1.807) is 18.3 Å². The predicted octanol–water partition coefficient (Wildman–Crippen LogP) is 2.57. The molecule has 2 aromatic rings. The Labute approximate surface area is 178 Å². The lowest BCUT2D eigenvalue weighted by Crippen LogP contribution is -2.46.